The van der Waals surface area contributed by atoms with Crippen molar-refractivity contribution >= 4 is 20.1 Å². The first-order valence-corrected chi connectivity index (χ1v) is 7.10. The van der Waals surface area contributed by atoms with Crippen LogP contribution in [0.4, 0.5) is 4.79 Å². The fourth-order valence-corrected chi connectivity index (χ4v) is 1.73. The van der Waals surface area contributed by atoms with E-state index in [0.29, 0.717) is 0 Å². The van der Waals surface area contributed by atoms with Gasteiger partial charge in [0.25, 0.3) is 0 Å². The molecule has 0 aromatic heterocycles. The molecule has 100 valence electrons. The van der Waals surface area contributed by atoms with Crippen LogP contribution >= 0.6 is 0 Å². The smallest absolute Gasteiger partial charge is 0.428 e. The minimum atomic E-state index is -4.31. The highest BCUT2D eigenvalue weighted by Crippen LogP contribution is 2.13. The monoisotopic (exact) mass is 272 g/mol. The third kappa shape index (κ3) is 4.84. The summed E-state index contributed by atoms with van der Waals surface area (Å²) < 4.78 is 9.81. The van der Waals surface area contributed by atoms with E-state index in [4.69, 9.17) is 23.9 Å². The predicted molar refractivity (Wildman–Crippen MR) is 65.3 cm³/mol. The van der Waals surface area contributed by atoms with Crippen molar-refractivity contribution in [2.24, 2.45) is 0 Å². The van der Waals surface area contributed by atoms with Crippen LogP contribution in [0.25, 0.3) is 0 Å². The predicted octanol–water partition coefficient (Wildman–Crippen LogP) is 0.123. The molecule has 0 aliphatic carbocycles. The molecule has 0 saturated carbocycles. The van der Waals surface area contributed by atoms with Crippen LogP contribution in [0, 0.1) is 0 Å². The lowest BCUT2D eigenvalue weighted by Crippen LogP contribution is -2.48. The van der Waals surface area contributed by atoms with Gasteiger partial charge in [0, 0.05) is 5.19 Å². The maximum absolute atomic E-state index is 11.3. The van der Waals surface area contributed by atoms with Crippen LogP contribution in [-0.2, 0) is 4.74 Å². The molecule has 0 saturated heterocycles. The van der Waals surface area contributed by atoms with Crippen molar-refractivity contribution in [1.29, 1.82) is 0 Å². The molecule has 0 unspecified atom stereocenters. The van der Waals surface area contributed by atoms with Crippen molar-refractivity contribution in [3.8, 4) is 5.75 Å². The summed E-state index contributed by atoms with van der Waals surface area (Å²) in [6.07, 6.45) is -0.851. The Balaban J connectivity index is 2.67. The van der Waals surface area contributed by atoms with Crippen LogP contribution < -0.4 is 9.92 Å². The second-order valence-corrected chi connectivity index (χ2v) is 6.57. The average Bonchev–Trinajstić information content (AvgIpc) is 2.13. The molecular formula is C11H16O6Si. The minimum absolute atomic E-state index is 0.000890. The zero-order valence-corrected chi connectivity index (χ0v) is 11.4. The van der Waals surface area contributed by atoms with Crippen LogP contribution in [0.3, 0.4) is 0 Å². The van der Waals surface area contributed by atoms with Crippen LogP contribution in [-0.4, -0.2) is 34.9 Å². The molecule has 1 aromatic carbocycles. The molecule has 1 rings (SSSR count). The van der Waals surface area contributed by atoms with Crippen LogP contribution in [0.5, 0.6) is 5.75 Å². The lowest BCUT2D eigenvalue weighted by atomic mass is 10.2. The molecular weight excluding hydrogens is 256 g/mol. The Morgan fingerprint density at radius 3 is 2.00 bits per heavy atom. The molecule has 6 nitrogen and oxygen atoms in total. The maximum Gasteiger partial charge on any atom is 0.528 e. The minimum Gasteiger partial charge on any atom is -0.428 e. The molecule has 0 spiro atoms. The van der Waals surface area contributed by atoms with Crippen molar-refractivity contribution in [3.63, 3.8) is 0 Å². The zero-order valence-electron chi connectivity index (χ0n) is 10.4. The maximum atomic E-state index is 11.3. The Morgan fingerprint density at radius 1 is 1.11 bits per heavy atom. The van der Waals surface area contributed by atoms with Gasteiger partial charge >= 0.3 is 15.0 Å². The molecule has 0 amide bonds. The van der Waals surface area contributed by atoms with E-state index in [-0.39, 0.29) is 10.9 Å². The summed E-state index contributed by atoms with van der Waals surface area (Å²) in [7, 11) is -4.31. The highest BCUT2D eigenvalue weighted by atomic mass is 28.4. The van der Waals surface area contributed by atoms with E-state index >= 15 is 0 Å². The lowest BCUT2D eigenvalue weighted by molar-refractivity contribution is 0.0206. The normalized spacial score (nSPS) is 12.1. The van der Waals surface area contributed by atoms with Gasteiger partial charge in [0.05, 0.1) is 0 Å². The first-order chi connectivity index (χ1) is 8.08. The van der Waals surface area contributed by atoms with E-state index in [2.05, 4.69) is 0 Å². The standard InChI is InChI=1S/C11H16O6Si/c1-11(2,3)17-10(12)16-8-4-6-9(7-5-8)18(13,14)15/h4-7,13-15H,1-3H3. The Kier molecular flexibility index (Phi) is 4.12. The molecule has 7 heteroatoms. The van der Waals surface area contributed by atoms with E-state index in [1.54, 1.807) is 20.8 Å². The summed E-state index contributed by atoms with van der Waals surface area (Å²) in [5.74, 6) is 0.186. The molecule has 0 aliphatic heterocycles. The molecule has 18 heavy (non-hydrogen) atoms. The third-order valence-electron chi connectivity index (χ3n) is 1.83. The number of carbonyl (C=O) groups excluding carboxylic acids is 1. The second kappa shape index (κ2) is 5.07. The van der Waals surface area contributed by atoms with E-state index in [0.717, 1.165) is 0 Å². The van der Waals surface area contributed by atoms with Gasteiger partial charge in [-0.15, -0.1) is 0 Å². The Morgan fingerprint density at radius 2 is 1.61 bits per heavy atom. The summed E-state index contributed by atoms with van der Waals surface area (Å²) >= 11 is 0. The molecule has 0 aliphatic rings. The first kappa shape index (κ1) is 14.6. The molecule has 0 heterocycles. The summed E-state index contributed by atoms with van der Waals surface area (Å²) in [6, 6.07) is 5.21. The average molecular weight is 272 g/mol. The van der Waals surface area contributed by atoms with Crippen molar-refractivity contribution < 1.29 is 28.7 Å². The summed E-state index contributed by atoms with van der Waals surface area (Å²) in [5.41, 5.74) is -0.652. The zero-order chi connectivity index (χ0) is 14.0. The SMILES string of the molecule is CC(C)(C)OC(=O)Oc1ccc([Si](O)(O)O)cc1. The fraction of sp³-hybridized carbons (Fsp3) is 0.364. The largest absolute Gasteiger partial charge is 0.528 e. The Hall–Kier alpha value is -1.41. The van der Waals surface area contributed by atoms with Crippen molar-refractivity contribution in [3.05, 3.63) is 24.3 Å². The number of hydrogen-bond donors (Lipinski definition) is 3. The molecule has 0 atom stereocenters. The van der Waals surface area contributed by atoms with Gasteiger partial charge in [0.15, 0.2) is 0 Å². The van der Waals surface area contributed by atoms with Gasteiger partial charge in [0.2, 0.25) is 0 Å². The van der Waals surface area contributed by atoms with Crippen molar-refractivity contribution in [2.45, 2.75) is 26.4 Å². The molecule has 0 radical (unpaired) electrons. The lowest BCUT2D eigenvalue weighted by Gasteiger charge is -2.18. The molecule has 3 N–H and O–H groups in total. The Bertz CT molecular complexity index is 415. The first-order valence-electron chi connectivity index (χ1n) is 5.26. The summed E-state index contributed by atoms with van der Waals surface area (Å²) in [6.45, 7) is 5.13. The number of benzene rings is 1. The van der Waals surface area contributed by atoms with Crippen LogP contribution in [0.2, 0.25) is 0 Å². The molecule has 0 bridgehead atoms. The van der Waals surface area contributed by atoms with Gasteiger partial charge in [-0.2, -0.15) is 0 Å². The van der Waals surface area contributed by atoms with E-state index in [1.807, 2.05) is 0 Å². The topological polar surface area (TPSA) is 96.2 Å². The number of ether oxygens (including phenoxy) is 2. The van der Waals surface area contributed by atoms with Crippen molar-refractivity contribution in [2.75, 3.05) is 0 Å². The van der Waals surface area contributed by atoms with Gasteiger partial charge in [-0.25, -0.2) is 4.79 Å². The van der Waals surface area contributed by atoms with Gasteiger partial charge in [-0.3, -0.25) is 0 Å². The van der Waals surface area contributed by atoms with Gasteiger partial charge < -0.3 is 23.9 Å². The van der Waals surface area contributed by atoms with E-state index < -0.39 is 20.6 Å². The third-order valence-corrected chi connectivity index (χ3v) is 2.94. The fourth-order valence-electron chi connectivity index (χ4n) is 1.11. The molecule has 1 aromatic rings. The molecule has 0 fully saturated rings. The second-order valence-electron chi connectivity index (χ2n) is 4.73. The highest BCUT2D eigenvalue weighted by Gasteiger charge is 2.30. The summed E-state index contributed by atoms with van der Waals surface area (Å²) in [5, 5.41) is -0.000890. The van der Waals surface area contributed by atoms with Crippen LogP contribution in [0.15, 0.2) is 24.3 Å². The van der Waals surface area contributed by atoms with Gasteiger partial charge in [0.1, 0.15) is 11.4 Å². The highest BCUT2D eigenvalue weighted by molar-refractivity contribution is 6.71. The van der Waals surface area contributed by atoms with Crippen molar-refractivity contribution in [1.82, 2.24) is 0 Å². The summed E-state index contributed by atoms with van der Waals surface area (Å²) in [4.78, 5) is 38.4. The Labute approximate surface area is 106 Å². The van der Waals surface area contributed by atoms with Gasteiger partial charge in [-0.1, -0.05) is 12.1 Å². The van der Waals surface area contributed by atoms with E-state index in [9.17, 15) is 4.79 Å². The van der Waals surface area contributed by atoms with Crippen LogP contribution in [0.1, 0.15) is 20.8 Å². The number of hydrogen-bond acceptors (Lipinski definition) is 6. The number of rotatable bonds is 2. The number of carbonyl (C=O) groups is 1. The van der Waals surface area contributed by atoms with E-state index in [1.165, 1.54) is 24.3 Å². The van der Waals surface area contributed by atoms with Gasteiger partial charge in [-0.05, 0) is 32.9 Å². The quantitative estimate of drug-likeness (QED) is 0.402.